The van der Waals surface area contributed by atoms with Crippen LogP contribution in [0.1, 0.15) is 20.8 Å². The number of hydrogen-bond donors (Lipinski definition) is 0. The first-order valence-electron chi connectivity index (χ1n) is 8.48. The van der Waals surface area contributed by atoms with Gasteiger partial charge >= 0.3 is 6.09 Å². The third kappa shape index (κ3) is 2.52. The van der Waals surface area contributed by atoms with Crippen molar-refractivity contribution in [2.45, 2.75) is 44.6 Å². The fourth-order valence-electron chi connectivity index (χ4n) is 4.43. The lowest BCUT2D eigenvalue weighted by Gasteiger charge is -2.42. The van der Waals surface area contributed by atoms with Crippen LogP contribution in [0.2, 0.25) is 0 Å². The van der Waals surface area contributed by atoms with Gasteiger partial charge in [0.15, 0.2) is 0 Å². The van der Waals surface area contributed by atoms with Crippen molar-refractivity contribution in [3.8, 4) is 6.07 Å². The zero-order valence-electron chi connectivity index (χ0n) is 14.8. The van der Waals surface area contributed by atoms with Gasteiger partial charge in [0.05, 0.1) is 18.0 Å². The summed E-state index contributed by atoms with van der Waals surface area (Å²) in [5.74, 6) is -0.697. The predicted molar refractivity (Wildman–Crippen MR) is 89.4 cm³/mol. The van der Waals surface area contributed by atoms with Crippen LogP contribution >= 0.6 is 0 Å². The number of nitriles is 1. The molecule has 25 heavy (non-hydrogen) atoms. The van der Waals surface area contributed by atoms with Gasteiger partial charge in [0.1, 0.15) is 24.4 Å². The Kier molecular flexibility index (Phi) is 4.33. The molecule has 0 radical (unpaired) electrons. The number of likely N-dealkylation sites (N-methyl/N-ethyl adjacent to an activating group) is 1. The van der Waals surface area contributed by atoms with Crippen LogP contribution in [0, 0.1) is 17.2 Å². The molecule has 0 aromatic carbocycles. The summed E-state index contributed by atoms with van der Waals surface area (Å²) in [6.07, 6.45) is 2.42. The van der Waals surface area contributed by atoms with Gasteiger partial charge in [-0.3, -0.25) is 9.69 Å². The van der Waals surface area contributed by atoms with Crippen LogP contribution in [0.15, 0.2) is 24.3 Å². The molecule has 0 aromatic heterocycles. The van der Waals surface area contributed by atoms with Crippen LogP contribution in [0.5, 0.6) is 0 Å². The van der Waals surface area contributed by atoms with E-state index in [1.54, 1.807) is 4.90 Å². The number of hydrogen-bond acceptors (Lipinski definition) is 5. The minimum Gasteiger partial charge on any atom is -0.445 e. The highest BCUT2D eigenvalue weighted by molar-refractivity contribution is 5.86. The van der Waals surface area contributed by atoms with Crippen LogP contribution in [-0.4, -0.2) is 65.3 Å². The van der Waals surface area contributed by atoms with Gasteiger partial charge in [-0.15, -0.1) is 0 Å². The van der Waals surface area contributed by atoms with Crippen molar-refractivity contribution < 1.29 is 19.1 Å². The molecule has 134 valence electrons. The predicted octanol–water partition coefficient (Wildman–Crippen LogP) is 1.47. The van der Waals surface area contributed by atoms with Gasteiger partial charge in [-0.25, -0.2) is 4.79 Å². The molecule has 3 aliphatic rings. The third-order valence-corrected chi connectivity index (χ3v) is 5.21. The first kappa shape index (κ1) is 17.5. The second-order valence-electron chi connectivity index (χ2n) is 6.92. The van der Waals surface area contributed by atoms with Crippen molar-refractivity contribution in [1.29, 1.82) is 5.26 Å². The normalized spacial score (nSPS) is 36.4. The highest BCUT2D eigenvalue weighted by Crippen LogP contribution is 2.48. The minimum absolute atomic E-state index is 0.104. The molecule has 5 atom stereocenters. The monoisotopic (exact) mass is 345 g/mol. The molecule has 0 aliphatic carbocycles. The maximum atomic E-state index is 12.9. The number of nitrogens with zero attached hydrogens (tertiary/aromatic N) is 3. The molecule has 0 N–H and O–H groups in total. The van der Waals surface area contributed by atoms with E-state index in [0.717, 1.165) is 5.57 Å². The lowest BCUT2D eigenvalue weighted by molar-refractivity contribution is -0.133. The van der Waals surface area contributed by atoms with Gasteiger partial charge < -0.3 is 14.4 Å². The zero-order chi connectivity index (χ0) is 18.4. The van der Waals surface area contributed by atoms with Gasteiger partial charge in [-0.2, -0.15) is 5.26 Å². The van der Waals surface area contributed by atoms with Crippen LogP contribution in [-0.2, 0) is 14.3 Å². The van der Waals surface area contributed by atoms with Crippen molar-refractivity contribution in [2.75, 3.05) is 19.7 Å². The Morgan fingerprint density at radius 3 is 2.96 bits per heavy atom. The van der Waals surface area contributed by atoms with Gasteiger partial charge in [-0.05, 0) is 20.8 Å². The fraction of sp³-hybridized carbons (Fsp3) is 0.611. The van der Waals surface area contributed by atoms with Crippen molar-refractivity contribution in [3.05, 3.63) is 24.3 Å². The molecule has 0 spiro atoms. The Labute approximate surface area is 147 Å². The standard InChI is InChI=1S/C18H23N3O4/c1-5-7-24-17(23)21-10-11(3)8-18(4)15(21)13-14(25-18)12(9-19)20(6-2)16(13)22/h5,8,12-15H,1,6-7,10H2,2-4H3. The van der Waals surface area contributed by atoms with Crippen molar-refractivity contribution in [2.24, 2.45) is 5.92 Å². The minimum atomic E-state index is -0.810. The molecule has 0 bridgehead atoms. The van der Waals surface area contributed by atoms with E-state index in [4.69, 9.17) is 9.47 Å². The zero-order valence-corrected chi connectivity index (χ0v) is 14.8. The summed E-state index contributed by atoms with van der Waals surface area (Å²) in [4.78, 5) is 28.6. The first-order valence-corrected chi connectivity index (χ1v) is 8.48. The molecule has 3 aliphatic heterocycles. The lowest BCUT2D eigenvalue weighted by Crippen LogP contribution is -2.58. The summed E-state index contributed by atoms with van der Waals surface area (Å²) >= 11 is 0. The number of amides is 2. The van der Waals surface area contributed by atoms with Gasteiger partial charge in [0, 0.05) is 13.1 Å². The van der Waals surface area contributed by atoms with Crippen LogP contribution in [0.4, 0.5) is 4.79 Å². The molecule has 5 unspecified atom stereocenters. The van der Waals surface area contributed by atoms with Gasteiger partial charge in [-0.1, -0.05) is 24.3 Å². The average molecular weight is 345 g/mol. The second-order valence-corrected chi connectivity index (χ2v) is 6.92. The molecule has 7 nitrogen and oxygen atoms in total. The maximum Gasteiger partial charge on any atom is 0.410 e. The molecule has 0 aromatic rings. The number of fused-ring (bicyclic) bond motifs is 3. The Morgan fingerprint density at radius 2 is 2.36 bits per heavy atom. The highest BCUT2D eigenvalue weighted by Gasteiger charge is 2.66. The third-order valence-electron chi connectivity index (χ3n) is 5.21. The molecule has 7 heteroatoms. The van der Waals surface area contributed by atoms with E-state index in [1.807, 2.05) is 26.8 Å². The molecule has 3 rings (SSSR count). The first-order chi connectivity index (χ1) is 11.9. The van der Waals surface area contributed by atoms with E-state index in [2.05, 4.69) is 12.6 Å². The number of carbonyl (C=O) groups excluding carboxylic acids is 2. The summed E-state index contributed by atoms with van der Waals surface area (Å²) in [5, 5.41) is 9.54. The Balaban J connectivity index is 2.00. The fourth-order valence-corrected chi connectivity index (χ4v) is 4.43. The largest absolute Gasteiger partial charge is 0.445 e. The van der Waals surface area contributed by atoms with Gasteiger partial charge in [0.25, 0.3) is 0 Å². The topological polar surface area (TPSA) is 82.9 Å². The lowest BCUT2D eigenvalue weighted by atomic mass is 9.82. The van der Waals surface area contributed by atoms with E-state index in [9.17, 15) is 14.9 Å². The summed E-state index contributed by atoms with van der Waals surface area (Å²) < 4.78 is 11.4. The van der Waals surface area contributed by atoms with E-state index in [-0.39, 0.29) is 12.5 Å². The molecular weight excluding hydrogens is 322 g/mol. The van der Waals surface area contributed by atoms with Crippen molar-refractivity contribution in [1.82, 2.24) is 9.80 Å². The van der Waals surface area contributed by atoms with E-state index in [0.29, 0.717) is 13.1 Å². The number of carbonyl (C=O) groups is 2. The molecule has 3 heterocycles. The van der Waals surface area contributed by atoms with Crippen molar-refractivity contribution in [3.63, 3.8) is 0 Å². The Bertz CT molecular complexity index is 682. The summed E-state index contributed by atoms with van der Waals surface area (Å²) in [7, 11) is 0. The smallest absolute Gasteiger partial charge is 0.410 e. The van der Waals surface area contributed by atoms with Gasteiger partial charge in [0.2, 0.25) is 5.91 Å². The quantitative estimate of drug-likeness (QED) is 0.723. The number of ether oxygens (including phenoxy) is 2. The van der Waals surface area contributed by atoms with Crippen LogP contribution in [0.3, 0.4) is 0 Å². The van der Waals surface area contributed by atoms with Crippen LogP contribution in [0.25, 0.3) is 0 Å². The summed E-state index contributed by atoms with van der Waals surface area (Å²) in [6, 6.07) is 1.07. The van der Waals surface area contributed by atoms with E-state index < -0.39 is 35.8 Å². The maximum absolute atomic E-state index is 12.9. The number of rotatable bonds is 3. The molecule has 2 fully saturated rings. The van der Waals surface area contributed by atoms with Crippen molar-refractivity contribution >= 4 is 12.0 Å². The molecule has 0 saturated carbocycles. The second kappa shape index (κ2) is 6.19. The SMILES string of the molecule is C=CCOC(=O)N1CC(C)=CC2(C)OC3C(C(=O)N(CC)C3C#N)C12. The highest BCUT2D eigenvalue weighted by atomic mass is 16.6. The molecule has 2 amide bonds. The summed E-state index contributed by atoms with van der Waals surface area (Å²) in [6.45, 7) is 10.1. The van der Waals surface area contributed by atoms with E-state index >= 15 is 0 Å². The van der Waals surface area contributed by atoms with E-state index in [1.165, 1.54) is 11.0 Å². The van der Waals surface area contributed by atoms with Crippen LogP contribution < -0.4 is 0 Å². The molecule has 2 saturated heterocycles. The average Bonchev–Trinajstić information content (AvgIpc) is 3.00. The number of likely N-dealkylation sites (tertiary alicyclic amines) is 1. The Morgan fingerprint density at radius 1 is 1.64 bits per heavy atom. The summed E-state index contributed by atoms with van der Waals surface area (Å²) in [5.41, 5.74) is 0.151. The Hall–Kier alpha value is -2.33. The molecular formula is C18H23N3O4.